The highest BCUT2D eigenvalue weighted by molar-refractivity contribution is 6.88. The number of anilines is 1. The van der Waals surface area contributed by atoms with Gasteiger partial charge in [-0.05, 0) is 65.8 Å². The number of hydrogen-bond donors (Lipinski definition) is 2. The second-order valence-electron chi connectivity index (χ2n) is 10.8. The molecule has 2 aliphatic rings. The van der Waals surface area contributed by atoms with Crippen LogP contribution in [0.5, 0.6) is 5.75 Å². The van der Waals surface area contributed by atoms with Crippen LogP contribution in [0, 0.1) is 17.7 Å². The largest absolute Gasteiger partial charge is 0.497 e. The van der Waals surface area contributed by atoms with Gasteiger partial charge in [-0.25, -0.2) is 4.39 Å². The highest BCUT2D eigenvalue weighted by Gasteiger charge is 2.43. The van der Waals surface area contributed by atoms with E-state index in [1.807, 2.05) is 6.07 Å². The fourth-order valence-electron chi connectivity index (χ4n) is 5.25. The molecule has 1 fully saturated rings. The summed E-state index contributed by atoms with van der Waals surface area (Å²) in [7, 11) is -0.294. The molecule has 1 aliphatic carbocycles. The summed E-state index contributed by atoms with van der Waals surface area (Å²) in [5.41, 5.74) is 1.99. The number of rotatable bonds is 7. The third-order valence-corrected chi connectivity index (χ3v) is 9.22. The zero-order valence-corrected chi connectivity index (χ0v) is 22.1. The van der Waals surface area contributed by atoms with Crippen molar-refractivity contribution in [2.24, 2.45) is 11.8 Å². The number of carboxylic acid groups (broad SMARTS) is 1. The first-order valence-electron chi connectivity index (χ1n) is 12.3. The van der Waals surface area contributed by atoms with Gasteiger partial charge in [0.25, 0.3) is 5.91 Å². The first kappa shape index (κ1) is 25.9. The average Bonchev–Trinajstić information content (AvgIpc) is 2.78. The Bertz CT molecular complexity index is 1190. The fourth-order valence-corrected chi connectivity index (χ4v) is 6.62. The molecule has 2 aromatic rings. The van der Waals surface area contributed by atoms with E-state index >= 15 is 0 Å². The Labute approximate surface area is 211 Å². The molecule has 0 unspecified atom stereocenters. The SMILES string of the molecule is COc1ccc2c(c1)CCN(C(=O)C1CC(CC(=O)O)C1)[C@H]2C(=O)Nc1ccc([Si](C)(C)C)c(F)c1. The van der Waals surface area contributed by atoms with Crippen LogP contribution in [0.4, 0.5) is 10.1 Å². The summed E-state index contributed by atoms with van der Waals surface area (Å²) in [6.45, 7) is 6.53. The van der Waals surface area contributed by atoms with E-state index < -0.39 is 26.0 Å². The molecular formula is C27H33FN2O5Si. The number of ether oxygens (including phenoxy) is 1. The second-order valence-corrected chi connectivity index (χ2v) is 15.9. The lowest BCUT2D eigenvalue weighted by Gasteiger charge is -2.42. The summed E-state index contributed by atoms with van der Waals surface area (Å²) >= 11 is 0. The third kappa shape index (κ3) is 5.30. The summed E-state index contributed by atoms with van der Waals surface area (Å²) in [6, 6.07) is 9.37. The lowest BCUT2D eigenvalue weighted by Crippen LogP contribution is -2.50. The summed E-state index contributed by atoms with van der Waals surface area (Å²) in [6.07, 6.45) is 1.64. The molecule has 1 atom stereocenters. The highest BCUT2D eigenvalue weighted by Crippen LogP contribution is 2.41. The molecule has 9 heteroatoms. The van der Waals surface area contributed by atoms with E-state index in [0.29, 0.717) is 48.0 Å². The van der Waals surface area contributed by atoms with Crippen LogP contribution < -0.4 is 15.2 Å². The minimum absolute atomic E-state index is 0.0158. The summed E-state index contributed by atoms with van der Waals surface area (Å²) in [4.78, 5) is 39.6. The van der Waals surface area contributed by atoms with Crippen LogP contribution in [0.3, 0.4) is 0 Å². The van der Waals surface area contributed by atoms with Crippen molar-refractivity contribution in [1.82, 2.24) is 4.90 Å². The second kappa shape index (κ2) is 10.0. The molecule has 7 nitrogen and oxygen atoms in total. The number of carboxylic acids is 1. The first-order valence-corrected chi connectivity index (χ1v) is 15.8. The number of carbonyl (C=O) groups is 3. The number of halogens is 1. The van der Waals surface area contributed by atoms with E-state index in [4.69, 9.17) is 9.84 Å². The average molecular weight is 513 g/mol. The van der Waals surface area contributed by atoms with Gasteiger partial charge < -0.3 is 20.1 Å². The summed E-state index contributed by atoms with van der Waals surface area (Å²) in [5, 5.41) is 12.5. The third-order valence-electron chi connectivity index (χ3n) is 7.20. The van der Waals surface area contributed by atoms with Gasteiger partial charge in [0.15, 0.2) is 0 Å². The van der Waals surface area contributed by atoms with Crippen molar-refractivity contribution in [2.45, 2.75) is 51.4 Å². The number of fused-ring (bicyclic) bond motifs is 1. The molecule has 192 valence electrons. The molecule has 1 aliphatic heterocycles. The smallest absolute Gasteiger partial charge is 0.303 e. The number of nitrogens with zero attached hydrogens (tertiary/aromatic N) is 1. The van der Waals surface area contributed by atoms with E-state index in [0.717, 1.165) is 5.56 Å². The van der Waals surface area contributed by atoms with E-state index in [9.17, 15) is 18.8 Å². The lowest BCUT2D eigenvalue weighted by molar-refractivity contribution is -0.149. The van der Waals surface area contributed by atoms with Crippen molar-refractivity contribution in [1.29, 1.82) is 0 Å². The van der Waals surface area contributed by atoms with Gasteiger partial charge in [-0.2, -0.15) is 0 Å². The van der Waals surface area contributed by atoms with Gasteiger partial charge in [-0.3, -0.25) is 14.4 Å². The monoisotopic (exact) mass is 512 g/mol. The Kier molecular flexibility index (Phi) is 7.22. The minimum Gasteiger partial charge on any atom is -0.497 e. The Hall–Kier alpha value is -3.20. The number of methoxy groups -OCH3 is 1. The quantitative estimate of drug-likeness (QED) is 0.548. The standard InChI is InChI=1S/C27H33FN2O5Si/c1-35-20-6-7-21-17(14-20)9-10-30(27(34)18-11-16(12-18)13-24(31)32)25(21)26(33)29-19-5-8-23(22(28)15-19)36(2,3)4/h5-8,14-16,18,25H,9-13H2,1-4H3,(H,29,33)(H,31,32)/t16?,18?,25-/m1/s1. The van der Waals surface area contributed by atoms with Gasteiger partial charge in [-0.1, -0.05) is 31.8 Å². The number of benzene rings is 2. The number of amides is 2. The van der Waals surface area contributed by atoms with Crippen molar-refractivity contribution in [3.8, 4) is 5.75 Å². The number of carbonyl (C=O) groups excluding carboxylic acids is 2. The van der Waals surface area contributed by atoms with Crippen LogP contribution in [0.1, 0.15) is 36.4 Å². The van der Waals surface area contributed by atoms with E-state index in [1.165, 1.54) is 6.07 Å². The Morgan fingerprint density at radius 3 is 2.47 bits per heavy atom. The maximum absolute atomic E-state index is 14.8. The molecule has 2 amide bonds. The van der Waals surface area contributed by atoms with Gasteiger partial charge in [0.2, 0.25) is 5.91 Å². The zero-order valence-electron chi connectivity index (χ0n) is 21.1. The highest BCUT2D eigenvalue weighted by atomic mass is 28.3. The van der Waals surface area contributed by atoms with Crippen LogP contribution >= 0.6 is 0 Å². The van der Waals surface area contributed by atoms with Crippen LogP contribution in [0.25, 0.3) is 0 Å². The lowest BCUT2D eigenvalue weighted by atomic mass is 9.72. The van der Waals surface area contributed by atoms with E-state index in [1.54, 1.807) is 36.3 Å². The fraction of sp³-hybridized carbons (Fsp3) is 0.444. The molecular weight excluding hydrogens is 479 g/mol. The summed E-state index contributed by atoms with van der Waals surface area (Å²) in [5.74, 6) is -1.39. The number of nitrogens with one attached hydrogen (secondary N) is 1. The number of aliphatic carboxylic acids is 1. The topological polar surface area (TPSA) is 95.9 Å². The molecule has 1 saturated carbocycles. The maximum Gasteiger partial charge on any atom is 0.303 e. The molecule has 0 aromatic heterocycles. The first-order chi connectivity index (χ1) is 17.0. The molecule has 0 spiro atoms. The van der Waals surface area contributed by atoms with E-state index in [2.05, 4.69) is 25.0 Å². The molecule has 4 rings (SSSR count). The van der Waals surface area contributed by atoms with Crippen molar-refractivity contribution < 1.29 is 28.6 Å². The molecule has 0 saturated heterocycles. The Morgan fingerprint density at radius 2 is 1.86 bits per heavy atom. The number of hydrogen-bond acceptors (Lipinski definition) is 4. The van der Waals surface area contributed by atoms with E-state index in [-0.39, 0.29) is 30.0 Å². The van der Waals surface area contributed by atoms with Crippen molar-refractivity contribution >= 4 is 36.7 Å². The van der Waals surface area contributed by atoms with Gasteiger partial charge in [0.1, 0.15) is 17.6 Å². The van der Waals surface area contributed by atoms with Crippen molar-refractivity contribution in [3.63, 3.8) is 0 Å². The maximum atomic E-state index is 14.8. The van der Waals surface area contributed by atoms with Crippen LogP contribution in [0.15, 0.2) is 36.4 Å². The minimum atomic E-state index is -1.87. The predicted molar refractivity (Wildman–Crippen MR) is 138 cm³/mol. The van der Waals surface area contributed by atoms with Gasteiger partial charge in [0, 0.05) is 24.6 Å². The Balaban J connectivity index is 1.60. The predicted octanol–water partition coefficient (Wildman–Crippen LogP) is 3.94. The van der Waals surface area contributed by atoms with Gasteiger partial charge >= 0.3 is 5.97 Å². The molecule has 2 aromatic carbocycles. The zero-order chi connectivity index (χ0) is 26.2. The molecule has 0 bridgehead atoms. The van der Waals surface area contributed by atoms with Crippen molar-refractivity contribution in [2.75, 3.05) is 19.0 Å². The van der Waals surface area contributed by atoms with Crippen molar-refractivity contribution in [3.05, 3.63) is 53.3 Å². The normalized spacial score (nSPS) is 21.2. The molecule has 0 radical (unpaired) electrons. The van der Waals surface area contributed by atoms with Gasteiger partial charge in [0.05, 0.1) is 15.2 Å². The van der Waals surface area contributed by atoms with Gasteiger partial charge in [-0.15, -0.1) is 0 Å². The Morgan fingerprint density at radius 1 is 1.14 bits per heavy atom. The molecule has 1 heterocycles. The summed E-state index contributed by atoms with van der Waals surface area (Å²) < 4.78 is 20.2. The van der Waals surface area contributed by atoms with Crippen LogP contribution in [-0.4, -0.2) is 49.5 Å². The molecule has 2 N–H and O–H groups in total. The van der Waals surface area contributed by atoms with Crippen LogP contribution in [-0.2, 0) is 20.8 Å². The molecule has 36 heavy (non-hydrogen) atoms. The van der Waals surface area contributed by atoms with Crippen LogP contribution in [0.2, 0.25) is 19.6 Å².